The lowest BCUT2D eigenvalue weighted by Crippen LogP contribution is -2.45. The van der Waals surface area contributed by atoms with Gasteiger partial charge in [0, 0.05) is 19.3 Å². The highest BCUT2D eigenvalue weighted by Crippen LogP contribution is 2.27. The monoisotopic (exact) mass is 355 g/mol. The first-order valence-corrected chi connectivity index (χ1v) is 8.71. The number of fused-ring (bicyclic) bond motifs is 1. The van der Waals surface area contributed by atoms with Crippen LogP contribution in [0.5, 0.6) is 11.5 Å². The number of anilines is 1. The average Bonchev–Trinajstić information content (AvgIpc) is 3.17. The zero-order valence-corrected chi connectivity index (χ0v) is 14.6. The van der Waals surface area contributed by atoms with Gasteiger partial charge in [-0.05, 0) is 25.1 Å². The topological polar surface area (TPSA) is 74.0 Å². The van der Waals surface area contributed by atoms with E-state index < -0.39 is 0 Å². The number of nitrogens with zero attached hydrogens (tertiary/aromatic N) is 5. The molecule has 136 valence electrons. The van der Waals surface area contributed by atoms with Crippen LogP contribution in [-0.2, 0) is 4.74 Å². The molecule has 1 aromatic carbocycles. The van der Waals surface area contributed by atoms with Crippen molar-refractivity contribution < 1.29 is 14.2 Å². The zero-order valence-electron chi connectivity index (χ0n) is 14.6. The first kappa shape index (κ1) is 16.6. The van der Waals surface area contributed by atoms with Gasteiger partial charge in [-0.1, -0.05) is 12.1 Å². The SMILES string of the molecule is CCOc1ccccc1OCC1CN(c2ccnc3ncnn23)CCO1. The third kappa shape index (κ3) is 3.41. The third-order valence-corrected chi connectivity index (χ3v) is 4.20. The quantitative estimate of drug-likeness (QED) is 0.667. The number of rotatable bonds is 6. The summed E-state index contributed by atoms with van der Waals surface area (Å²) in [6.45, 7) is 5.12. The van der Waals surface area contributed by atoms with Crippen LogP contribution in [0, 0.1) is 0 Å². The number of hydrogen-bond acceptors (Lipinski definition) is 7. The van der Waals surface area contributed by atoms with Crippen LogP contribution < -0.4 is 14.4 Å². The highest BCUT2D eigenvalue weighted by molar-refractivity contribution is 5.45. The minimum Gasteiger partial charge on any atom is -0.490 e. The van der Waals surface area contributed by atoms with Crippen LogP contribution in [0.15, 0.2) is 42.9 Å². The Hall–Kier alpha value is -2.87. The lowest BCUT2D eigenvalue weighted by molar-refractivity contribution is 0.00933. The van der Waals surface area contributed by atoms with E-state index in [-0.39, 0.29) is 6.10 Å². The average molecular weight is 355 g/mol. The van der Waals surface area contributed by atoms with E-state index in [4.69, 9.17) is 14.2 Å². The maximum atomic E-state index is 5.96. The van der Waals surface area contributed by atoms with E-state index in [1.165, 1.54) is 6.33 Å². The lowest BCUT2D eigenvalue weighted by Gasteiger charge is -2.34. The lowest BCUT2D eigenvalue weighted by atomic mass is 10.2. The summed E-state index contributed by atoms with van der Waals surface area (Å²) in [6, 6.07) is 9.63. The Morgan fingerprint density at radius 1 is 1.15 bits per heavy atom. The summed E-state index contributed by atoms with van der Waals surface area (Å²) >= 11 is 0. The van der Waals surface area contributed by atoms with Gasteiger partial charge in [-0.25, -0.2) is 4.98 Å². The Morgan fingerprint density at radius 3 is 2.85 bits per heavy atom. The molecule has 4 rings (SSSR count). The molecule has 8 nitrogen and oxygen atoms in total. The van der Waals surface area contributed by atoms with Gasteiger partial charge in [-0.3, -0.25) is 0 Å². The second-order valence-corrected chi connectivity index (χ2v) is 5.90. The number of ether oxygens (including phenoxy) is 3. The normalized spacial score (nSPS) is 17.4. The molecule has 0 bridgehead atoms. The second-order valence-electron chi connectivity index (χ2n) is 5.90. The minimum absolute atomic E-state index is 0.0508. The van der Waals surface area contributed by atoms with Crippen molar-refractivity contribution in [3.63, 3.8) is 0 Å². The predicted molar refractivity (Wildman–Crippen MR) is 95.8 cm³/mol. The van der Waals surface area contributed by atoms with Crippen LogP contribution in [-0.4, -0.2) is 58.6 Å². The maximum absolute atomic E-state index is 5.96. The Morgan fingerprint density at radius 2 is 2.00 bits per heavy atom. The maximum Gasteiger partial charge on any atom is 0.254 e. The van der Waals surface area contributed by atoms with Gasteiger partial charge in [0.15, 0.2) is 11.5 Å². The first-order chi connectivity index (χ1) is 12.8. The zero-order chi connectivity index (χ0) is 17.8. The molecule has 1 atom stereocenters. The number of morpholine rings is 1. The van der Waals surface area contributed by atoms with Crippen LogP contribution in [0.3, 0.4) is 0 Å². The Bertz CT molecular complexity index is 869. The first-order valence-electron chi connectivity index (χ1n) is 8.71. The molecule has 0 amide bonds. The molecule has 3 aromatic rings. The molecular weight excluding hydrogens is 334 g/mol. The van der Waals surface area contributed by atoms with Gasteiger partial charge in [-0.15, -0.1) is 0 Å². The van der Waals surface area contributed by atoms with Crippen LogP contribution in [0.25, 0.3) is 5.78 Å². The molecule has 8 heteroatoms. The van der Waals surface area contributed by atoms with Crippen molar-refractivity contribution in [2.75, 3.05) is 37.8 Å². The van der Waals surface area contributed by atoms with Gasteiger partial charge in [0.1, 0.15) is 24.9 Å². The van der Waals surface area contributed by atoms with Crippen molar-refractivity contribution in [3.05, 3.63) is 42.9 Å². The van der Waals surface area contributed by atoms with Crippen molar-refractivity contribution in [1.29, 1.82) is 0 Å². The standard InChI is InChI=1S/C18H21N5O3/c1-2-24-15-5-3-4-6-16(15)26-12-14-11-22(9-10-25-14)17-7-8-19-18-20-13-21-23(17)18/h3-8,13-14H,2,9-12H2,1H3. The van der Waals surface area contributed by atoms with Gasteiger partial charge >= 0.3 is 0 Å². The smallest absolute Gasteiger partial charge is 0.254 e. The van der Waals surface area contributed by atoms with E-state index in [0.717, 1.165) is 23.9 Å². The van der Waals surface area contributed by atoms with Crippen LogP contribution in [0.2, 0.25) is 0 Å². The van der Waals surface area contributed by atoms with Gasteiger partial charge in [0.2, 0.25) is 0 Å². The summed E-state index contributed by atoms with van der Waals surface area (Å²) in [5.41, 5.74) is 0. The van der Waals surface area contributed by atoms with Gasteiger partial charge in [0.25, 0.3) is 5.78 Å². The number of hydrogen-bond donors (Lipinski definition) is 0. The predicted octanol–water partition coefficient (Wildman–Crippen LogP) is 1.81. The largest absolute Gasteiger partial charge is 0.490 e. The van der Waals surface area contributed by atoms with Crippen molar-refractivity contribution in [1.82, 2.24) is 19.6 Å². The molecule has 26 heavy (non-hydrogen) atoms. The van der Waals surface area contributed by atoms with Gasteiger partial charge in [-0.2, -0.15) is 14.6 Å². The molecule has 1 fully saturated rings. The summed E-state index contributed by atoms with van der Waals surface area (Å²) in [5, 5.41) is 4.26. The van der Waals surface area contributed by atoms with E-state index >= 15 is 0 Å². The molecule has 0 aliphatic carbocycles. The van der Waals surface area contributed by atoms with Crippen molar-refractivity contribution in [2.45, 2.75) is 13.0 Å². The minimum atomic E-state index is -0.0508. The summed E-state index contributed by atoms with van der Waals surface area (Å²) in [5.74, 6) is 3.03. The number of benzene rings is 1. The van der Waals surface area contributed by atoms with E-state index in [0.29, 0.717) is 32.1 Å². The summed E-state index contributed by atoms with van der Waals surface area (Å²) in [7, 11) is 0. The van der Waals surface area contributed by atoms with Crippen molar-refractivity contribution in [2.24, 2.45) is 0 Å². The van der Waals surface area contributed by atoms with Crippen molar-refractivity contribution in [3.8, 4) is 11.5 Å². The van der Waals surface area contributed by atoms with Crippen LogP contribution in [0.4, 0.5) is 5.82 Å². The molecule has 0 N–H and O–H groups in total. The fourth-order valence-corrected chi connectivity index (χ4v) is 3.02. The summed E-state index contributed by atoms with van der Waals surface area (Å²) in [6.07, 6.45) is 3.21. The molecule has 1 saturated heterocycles. The van der Waals surface area contributed by atoms with Gasteiger partial charge < -0.3 is 19.1 Å². The number of aromatic nitrogens is 4. The van der Waals surface area contributed by atoms with Gasteiger partial charge in [0.05, 0.1) is 13.2 Å². The second kappa shape index (κ2) is 7.57. The van der Waals surface area contributed by atoms with Crippen molar-refractivity contribution >= 4 is 11.6 Å². The molecule has 0 radical (unpaired) electrons. The Kier molecular flexibility index (Phi) is 4.83. The number of para-hydroxylation sites is 2. The summed E-state index contributed by atoms with van der Waals surface area (Å²) < 4.78 is 19.2. The summed E-state index contributed by atoms with van der Waals surface area (Å²) in [4.78, 5) is 10.6. The fourth-order valence-electron chi connectivity index (χ4n) is 3.02. The molecule has 0 saturated carbocycles. The van der Waals surface area contributed by atoms with Crippen LogP contribution >= 0.6 is 0 Å². The highest BCUT2D eigenvalue weighted by atomic mass is 16.5. The molecule has 1 aliphatic rings. The molecule has 1 unspecified atom stereocenters. The highest BCUT2D eigenvalue weighted by Gasteiger charge is 2.23. The molecule has 0 spiro atoms. The molecule has 1 aliphatic heterocycles. The fraction of sp³-hybridized carbons (Fsp3) is 0.389. The molecule has 2 aromatic heterocycles. The van der Waals surface area contributed by atoms with E-state index in [1.807, 2.05) is 37.3 Å². The Labute approximate surface area is 151 Å². The van der Waals surface area contributed by atoms with E-state index in [9.17, 15) is 0 Å². The van der Waals surface area contributed by atoms with E-state index in [2.05, 4.69) is 20.0 Å². The van der Waals surface area contributed by atoms with E-state index in [1.54, 1.807) is 10.7 Å². The molecular formula is C18H21N5O3. The Balaban J connectivity index is 1.44. The molecule has 3 heterocycles. The third-order valence-electron chi connectivity index (χ3n) is 4.20. The van der Waals surface area contributed by atoms with Crippen LogP contribution in [0.1, 0.15) is 6.92 Å².